The van der Waals surface area contributed by atoms with Gasteiger partial charge in [-0.2, -0.15) is 0 Å². The Hall–Kier alpha value is -0.890. The molecular weight excluding hydrogens is 225 g/mol. The number of hydrogen-bond donors (Lipinski definition) is 1. The average molecular weight is 249 g/mol. The van der Waals surface area contributed by atoms with Gasteiger partial charge in [0.05, 0.1) is 0 Å². The summed E-state index contributed by atoms with van der Waals surface area (Å²) in [5.74, 6) is 0.661. The Balaban J connectivity index is 2.02. The second-order valence-electron chi connectivity index (χ2n) is 5.47. The van der Waals surface area contributed by atoms with Crippen molar-refractivity contribution in [2.24, 2.45) is 5.92 Å². The van der Waals surface area contributed by atoms with E-state index in [0.29, 0.717) is 6.04 Å². The molecule has 100 valence electrons. The van der Waals surface area contributed by atoms with Gasteiger partial charge in [0.25, 0.3) is 0 Å². The third-order valence-corrected chi connectivity index (χ3v) is 4.27. The first-order valence-corrected chi connectivity index (χ1v) is 7.22. The Kier molecular flexibility index (Phi) is 4.76. The van der Waals surface area contributed by atoms with Crippen molar-refractivity contribution in [2.75, 3.05) is 0 Å². The minimum Gasteiger partial charge on any atom is -0.307 e. The van der Waals surface area contributed by atoms with E-state index in [1.165, 1.54) is 32.1 Å². The van der Waals surface area contributed by atoms with Gasteiger partial charge in [0.2, 0.25) is 0 Å². The predicted octanol–water partition coefficient (Wildman–Crippen LogP) is 4.45. The first kappa shape index (κ1) is 13.5. The molecule has 0 heterocycles. The highest BCUT2D eigenvalue weighted by atomic mass is 19.1. The van der Waals surface area contributed by atoms with Crippen molar-refractivity contribution in [1.29, 1.82) is 0 Å². The normalized spacial score (nSPS) is 25.9. The highest BCUT2D eigenvalue weighted by Crippen LogP contribution is 2.29. The zero-order valence-electron chi connectivity index (χ0n) is 11.5. The summed E-state index contributed by atoms with van der Waals surface area (Å²) in [6, 6.07) is 7.75. The molecule has 0 saturated heterocycles. The van der Waals surface area contributed by atoms with Crippen LogP contribution < -0.4 is 5.32 Å². The second-order valence-corrected chi connectivity index (χ2v) is 5.47. The van der Waals surface area contributed by atoms with Gasteiger partial charge in [-0.15, -0.1) is 0 Å². The molecule has 1 aliphatic carbocycles. The molecular formula is C16H24FN. The van der Waals surface area contributed by atoms with Crippen LogP contribution in [-0.4, -0.2) is 6.04 Å². The van der Waals surface area contributed by atoms with E-state index < -0.39 is 0 Å². The van der Waals surface area contributed by atoms with Crippen LogP contribution in [-0.2, 0) is 0 Å². The summed E-state index contributed by atoms with van der Waals surface area (Å²) in [6.45, 7) is 4.33. The van der Waals surface area contributed by atoms with Crippen LogP contribution >= 0.6 is 0 Å². The summed E-state index contributed by atoms with van der Waals surface area (Å²) in [6.07, 6.45) is 6.43. The zero-order chi connectivity index (χ0) is 13.0. The Morgan fingerprint density at radius 3 is 2.72 bits per heavy atom. The Morgan fingerprint density at radius 1 is 1.28 bits per heavy atom. The van der Waals surface area contributed by atoms with Gasteiger partial charge in [-0.3, -0.25) is 0 Å². The molecule has 3 unspecified atom stereocenters. The van der Waals surface area contributed by atoms with Crippen molar-refractivity contribution in [1.82, 2.24) is 5.32 Å². The summed E-state index contributed by atoms with van der Waals surface area (Å²) in [4.78, 5) is 0. The smallest absolute Gasteiger partial charge is 0.127 e. The fraction of sp³-hybridized carbons (Fsp3) is 0.625. The lowest BCUT2D eigenvalue weighted by molar-refractivity contribution is 0.239. The molecule has 0 spiro atoms. The van der Waals surface area contributed by atoms with Crippen molar-refractivity contribution in [3.63, 3.8) is 0 Å². The molecule has 2 heteroatoms. The molecule has 1 saturated carbocycles. The molecule has 1 aromatic carbocycles. The monoisotopic (exact) mass is 249 g/mol. The van der Waals surface area contributed by atoms with Crippen LogP contribution in [0.15, 0.2) is 24.3 Å². The van der Waals surface area contributed by atoms with Crippen LogP contribution in [0.5, 0.6) is 0 Å². The molecule has 0 bridgehead atoms. The van der Waals surface area contributed by atoms with Crippen LogP contribution in [0.3, 0.4) is 0 Å². The molecule has 2 rings (SSSR count). The average Bonchev–Trinajstić information content (AvgIpc) is 2.39. The van der Waals surface area contributed by atoms with Gasteiger partial charge in [-0.1, -0.05) is 44.4 Å². The van der Waals surface area contributed by atoms with Crippen LogP contribution in [0.25, 0.3) is 0 Å². The number of nitrogens with one attached hydrogen (secondary N) is 1. The maximum atomic E-state index is 13.7. The fourth-order valence-electron chi connectivity index (χ4n) is 3.15. The molecule has 18 heavy (non-hydrogen) atoms. The molecule has 1 N–H and O–H groups in total. The van der Waals surface area contributed by atoms with E-state index in [1.54, 1.807) is 12.1 Å². The maximum Gasteiger partial charge on any atom is 0.127 e. The van der Waals surface area contributed by atoms with Gasteiger partial charge in [0, 0.05) is 17.6 Å². The second kappa shape index (κ2) is 6.33. The number of halogens is 1. The number of rotatable bonds is 4. The van der Waals surface area contributed by atoms with Crippen molar-refractivity contribution in [2.45, 2.75) is 58.0 Å². The highest BCUT2D eigenvalue weighted by molar-refractivity contribution is 5.20. The van der Waals surface area contributed by atoms with Gasteiger partial charge in [-0.25, -0.2) is 4.39 Å². The maximum absolute atomic E-state index is 13.7. The Bertz CT molecular complexity index is 377. The van der Waals surface area contributed by atoms with Crippen molar-refractivity contribution in [3.8, 4) is 0 Å². The molecule has 1 aliphatic rings. The highest BCUT2D eigenvalue weighted by Gasteiger charge is 2.25. The first-order valence-electron chi connectivity index (χ1n) is 7.22. The summed E-state index contributed by atoms with van der Waals surface area (Å²) in [5, 5.41) is 3.64. The molecule has 1 aromatic rings. The minimum absolute atomic E-state index is 0.0960. The SMILES string of the molecule is CCC1CCCCC1NC(C)c1ccccc1F. The van der Waals surface area contributed by atoms with E-state index >= 15 is 0 Å². The molecule has 1 fully saturated rings. The van der Waals surface area contributed by atoms with Crippen molar-refractivity contribution in [3.05, 3.63) is 35.6 Å². The van der Waals surface area contributed by atoms with Crippen LogP contribution in [0, 0.1) is 11.7 Å². The summed E-state index contributed by atoms with van der Waals surface area (Å²) < 4.78 is 13.7. The molecule has 0 radical (unpaired) electrons. The standard InChI is InChI=1S/C16H24FN/c1-3-13-8-4-7-11-16(13)18-12(2)14-9-5-6-10-15(14)17/h5-6,9-10,12-13,16,18H,3-4,7-8,11H2,1-2H3. The Labute approximate surface area is 110 Å². The van der Waals surface area contributed by atoms with E-state index in [2.05, 4.69) is 19.2 Å². The molecule has 1 nitrogen and oxygen atoms in total. The fourth-order valence-corrected chi connectivity index (χ4v) is 3.15. The lowest BCUT2D eigenvalue weighted by Gasteiger charge is -2.34. The van der Waals surface area contributed by atoms with Crippen LogP contribution in [0.1, 0.15) is 57.6 Å². The lowest BCUT2D eigenvalue weighted by atomic mass is 9.82. The zero-order valence-corrected chi connectivity index (χ0v) is 11.5. The lowest BCUT2D eigenvalue weighted by Crippen LogP contribution is -2.39. The topological polar surface area (TPSA) is 12.0 Å². The van der Waals surface area contributed by atoms with E-state index in [1.807, 2.05) is 12.1 Å². The van der Waals surface area contributed by atoms with Gasteiger partial charge in [0.1, 0.15) is 5.82 Å². The number of hydrogen-bond acceptors (Lipinski definition) is 1. The molecule has 0 aromatic heterocycles. The summed E-state index contributed by atoms with van der Waals surface area (Å²) in [7, 11) is 0. The van der Waals surface area contributed by atoms with Crippen molar-refractivity contribution < 1.29 is 4.39 Å². The third-order valence-electron chi connectivity index (χ3n) is 4.27. The van der Waals surface area contributed by atoms with E-state index in [-0.39, 0.29) is 11.9 Å². The van der Waals surface area contributed by atoms with Gasteiger partial charge in [-0.05, 0) is 31.7 Å². The molecule has 3 atom stereocenters. The van der Waals surface area contributed by atoms with Crippen molar-refractivity contribution >= 4 is 0 Å². The largest absolute Gasteiger partial charge is 0.307 e. The summed E-state index contributed by atoms with van der Waals surface area (Å²) >= 11 is 0. The van der Waals surface area contributed by atoms with E-state index in [0.717, 1.165) is 11.5 Å². The predicted molar refractivity (Wildman–Crippen MR) is 74.0 cm³/mol. The quantitative estimate of drug-likeness (QED) is 0.831. The van der Waals surface area contributed by atoms with E-state index in [4.69, 9.17) is 0 Å². The van der Waals surface area contributed by atoms with E-state index in [9.17, 15) is 4.39 Å². The van der Waals surface area contributed by atoms with Gasteiger partial charge in [0.15, 0.2) is 0 Å². The molecule has 0 aliphatic heterocycles. The Morgan fingerprint density at radius 2 is 2.00 bits per heavy atom. The number of benzene rings is 1. The van der Waals surface area contributed by atoms with Crippen LogP contribution in [0.4, 0.5) is 4.39 Å². The van der Waals surface area contributed by atoms with Crippen LogP contribution in [0.2, 0.25) is 0 Å². The molecule has 0 amide bonds. The first-order chi connectivity index (χ1) is 8.72. The summed E-state index contributed by atoms with van der Waals surface area (Å²) in [5.41, 5.74) is 0.790. The minimum atomic E-state index is -0.0960. The third kappa shape index (κ3) is 3.11. The van der Waals surface area contributed by atoms with Gasteiger partial charge >= 0.3 is 0 Å². The van der Waals surface area contributed by atoms with Gasteiger partial charge < -0.3 is 5.32 Å².